The summed E-state index contributed by atoms with van der Waals surface area (Å²) in [5, 5.41) is 12.2. The molecule has 27 heavy (non-hydrogen) atoms. The van der Waals surface area contributed by atoms with Crippen LogP contribution in [0, 0.1) is 6.92 Å². The van der Waals surface area contributed by atoms with Crippen molar-refractivity contribution in [2.75, 3.05) is 30.3 Å². The number of carbonyl (C=O) groups is 2. The van der Waals surface area contributed by atoms with Crippen LogP contribution in [0.3, 0.4) is 0 Å². The lowest BCUT2D eigenvalue weighted by molar-refractivity contribution is -0.118. The van der Waals surface area contributed by atoms with Gasteiger partial charge in [-0.15, -0.1) is 0 Å². The van der Waals surface area contributed by atoms with Crippen LogP contribution < -0.4 is 16.0 Å². The third kappa shape index (κ3) is 5.82. The van der Waals surface area contributed by atoms with Gasteiger partial charge in [0, 0.05) is 24.3 Å². The second-order valence-electron chi connectivity index (χ2n) is 6.69. The van der Waals surface area contributed by atoms with Gasteiger partial charge in [0.25, 0.3) is 0 Å². The van der Waals surface area contributed by atoms with Crippen molar-refractivity contribution in [1.82, 2.24) is 15.4 Å². The number of likely N-dealkylation sites (tertiary alicyclic amines) is 1. The van der Waals surface area contributed by atoms with E-state index < -0.39 is 0 Å². The van der Waals surface area contributed by atoms with Crippen molar-refractivity contribution in [3.05, 3.63) is 42.2 Å². The van der Waals surface area contributed by atoms with Crippen LogP contribution in [0.15, 0.2) is 40.9 Å². The van der Waals surface area contributed by atoms with Crippen molar-refractivity contribution in [2.24, 2.45) is 0 Å². The summed E-state index contributed by atoms with van der Waals surface area (Å²) in [5.41, 5.74) is 0.748. The molecule has 144 valence electrons. The Morgan fingerprint density at radius 2 is 2.04 bits per heavy atom. The number of carbonyl (C=O) groups excluding carboxylic acids is 2. The highest BCUT2D eigenvalue weighted by Crippen LogP contribution is 2.17. The number of aryl methyl sites for hydroxylation is 1. The van der Waals surface area contributed by atoms with Gasteiger partial charge in [0.15, 0.2) is 5.82 Å². The Bertz CT molecular complexity index is 762. The molecule has 1 unspecified atom stereocenters. The zero-order valence-corrected chi connectivity index (χ0v) is 15.4. The van der Waals surface area contributed by atoms with E-state index in [1.165, 1.54) is 0 Å². The summed E-state index contributed by atoms with van der Waals surface area (Å²) in [4.78, 5) is 26.5. The molecule has 0 spiro atoms. The number of amides is 3. The molecule has 3 rings (SSSR count). The molecule has 1 aliphatic rings. The number of piperidine rings is 1. The molecule has 1 aliphatic heterocycles. The minimum atomic E-state index is -0.241. The average Bonchev–Trinajstić information content (AvgIpc) is 3.06. The van der Waals surface area contributed by atoms with Gasteiger partial charge < -0.3 is 20.5 Å². The molecule has 1 aromatic carbocycles. The van der Waals surface area contributed by atoms with Gasteiger partial charge in [-0.3, -0.25) is 9.69 Å². The van der Waals surface area contributed by atoms with Crippen molar-refractivity contribution < 1.29 is 14.1 Å². The Labute approximate surface area is 158 Å². The molecule has 3 N–H and O–H groups in total. The smallest absolute Gasteiger partial charge is 0.319 e. The molecule has 1 atom stereocenters. The molecular weight excluding hydrogens is 346 g/mol. The molecule has 2 aromatic rings. The molecule has 1 aromatic heterocycles. The summed E-state index contributed by atoms with van der Waals surface area (Å²) in [5.74, 6) is 0.935. The fourth-order valence-electron chi connectivity index (χ4n) is 3.20. The normalized spacial score (nSPS) is 17.3. The molecule has 0 radical (unpaired) electrons. The molecule has 8 heteroatoms. The number of urea groups is 1. The first-order chi connectivity index (χ1) is 13.1. The van der Waals surface area contributed by atoms with E-state index in [4.69, 9.17) is 4.52 Å². The fraction of sp³-hybridized carbons (Fsp3) is 0.421. The monoisotopic (exact) mass is 371 g/mol. The van der Waals surface area contributed by atoms with E-state index in [2.05, 4.69) is 26.0 Å². The SMILES string of the molecule is Cc1cc(NC(=O)CN2CCCCC2CNC(=O)Nc2ccccc2)no1. The number of rotatable bonds is 6. The molecular formula is C19H25N5O3. The van der Waals surface area contributed by atoms with E-state index in [1.807, 2.05) is 30.3 Å². The van der Waals surface area contributed by atoms with Crippen molar-refractivity contribution in [3.63, 3.8) is 0 Å². The number of nitrogens with one attached hydrogen (secondary N) is 3. The summed E-state index contributed by atoms with van der Waals surface area (Å²) in [6.07, 6.45) is 3.08. The van der Waals surface area contributed by atoms with Gasteiger partial charge in [0.2, 0.25) is 5.91 Å². The molecule has 0 bridgehead atoms. The Kier molecular flexibility index (Phi) is 6.43. The van der Waals surface area contributed by atoms with Gasteiger partial charge >= 0.3 is 6.03 Å². The van der Waals surface area contributed by atoms with Crippen LogP contribution in [0.1, 0.15) is 25.0 Å². The highest BCUT2D eigenvalue weighted by molar-refractivity contribution is 5.91. The van der Waals surface area contributed by atoms with E-state index in [9.17, 15) is 9.59 Å². The second-order valence-corrected chi connectivity index (χ2v) is 6.69. The highest BCUT2D eigenvalue weighted by atomic mass is 16.5. The van der Waals surface area contributed by atoms with Crippen LogP contribution in [-0.2, 0) is 4.79 Å². The Morgan fingerprint density at radius 3 is 2.78 bits per heavy atom. The van der Waals surface area contributed by atoms with Crippen LogP contribution >= 0.6 is 0 Å². The lowest BCUT2D eigenvalue weighted by atomic mass is 10.0. The minimum absolute atomic E-state index is 0.130. The van der Waals surface area contributed by atoms with Gasteiger partial charge in [0.1, 0.15) is 5.76 Å². The largest absolute Gasteiger partial charge is 0.360 e. The number of hydrogen-bond acceptors (Lipinski definition) is 5. The first-order valence-electron chi connectivity index (χ1n) is 9.17. The molecule has 1 fully saturated rings. The third-order valence-electron chi connectivity index (χ3n) is 4.52. The van der Waals surface area contributed by atoms with Crippen LogP contribution in [0.5, 0.6) is 0 Å². The molecule has 1 saturated heterocycles. The highest BCUT2D eigenvalue weighted by Gasteiger charge is 2.25. The second kappa shape index (κ2) is 9.18. The zero-order valence-electron chi connectivity index (χ0n) is 15.4. The van der Waals surface area contributed by atoms with Gasteiger partial charge in [-0.2, -0.15) is 0 Å². The van der Waals surface area contributed by atoms with Crippen molar-refractivity contribution in [3.8, 4) is 0 Å². The van der Waals surface area contributed by atoms with E-state index in [-0.39, 0.29) is 24.5 Å². The average molecular weight is 371 g/mol. The first kappa shape index (κ1) is 18.9. The summed E-state index contributed by atoms with van der Waals surface area (Å²) >= 11 is 0. The van der Waals surface area contributed by atoms with E-state index in [0.717, 1.165) is 31.5 Å². The summed E-state index contributed by atoms with van der Waals surface area (Å²) in [7, 11) is 0. The predicted octanol–water partition coefficient (Wildman–Crippen LogP) is 2.60. The van der Waals surface area contributed by atoms with Crippen molar-refractivity contribution in [1.29, 1.82) is 0 Å². The maximum absolute atomic E-state index is 12.3. The van der Waals surface area contributed by atoms with Crippen LogP contribution in [0.25, 0.3) is 0 Å². The molecule has 3 amide bonds. The number of nitrogens with zero attached hydrogens (tertiary/aromatic N) is 2. The molecule has 0 aliphatic carbocycles. The summed E-state index contributed by atoms with van der Waals surface area (Å²) < 4.78 is 4.96. The number of anilines is 2. The topological polar surface area (TPSA) is 99.5 Å². The van der Waals surface area contributed by atoms with Gasteiger partial charge in [-0.05, 0) is 38.4 Å². The van der Waals surface area contributed by atoms with Gasteiger partial charge in [-0.25, -0.2) is 4.79 Å². The number of benzene rings is 1. The van der Waals surface area contributed by atoms with Gasteiger partial charge in [0.05, 0.1) is 6.54 Å². The predicted molar refractivity (Wildman–Crippen MR) is 103 cm³/mol. The van der Waals surface area contributed by atoms with E-state index in [0.29, 0.717) is 18.1 Å². The molecule has 8 nitrogen and oxygen atoms in total. The van der Waals surface area contributed by atoms with E-state index in [1.54, 1.807) is 13.0 Å². The maximum atomic E-state index is 12.3. The first-order valence-corrected chi connectivity index (χ1v) is 9.17. The van der Waals surface area contributed by atoms with Crippen LogP contribution in [0.2, 0.25) is 0 Å². The number of hydrogen-bond donors (Lipinski definition) is 3. The Morgan fingerprint density at radius 1 is 1.22 bits per heavy atom. The Balaban J connectivity index is 1.47. The number of aromatic nitrogens is 1. The van der Waals surface area contributed by atoms with Crippen molar-refractivity contribution >= 4 is 23.4 Å². The lowest BCUT2D eigenvalue weighted by Crippen LogP contribution is -2.49. The molecule has 0 saturated carbocycles. The standard InChI is InChI=1S/C19H25N5O3/c1-14-11-17(23-27-14)22-18(25)13-24-10-6-5-9-16(24)12-20-19(26)21-15-7-3-2-4-8-15/h2-4,7-8,11,16H,5-6,9-10,12-13H2,1H3,(H2,20,21,26)(H,22,23,25). The molecule has 2 heterocycles. The van der Waals surface area contributed by atoms with Crippen LogP contribution in [-0.4, -0.2) is 47.7 Å². The quantitative estimate of drug-likeness (QED) is 0.725. The summed E-state index contributed by atoms with van der Waals surface area (Å²) in [6, 6.07) is 10.9. The zero-order chi connectivity index (χ0) is 19.1. The van der Waals surface area contributed by atoms with E-state index >= 15 is 0 Å². The van der Waals surface area contributed by atoms with Crippen LogP contribution in [0.4, 0.5) is 16.3 Å². The summed E-state index contributed by atoms with van der Waals surface area (Å²) in [6.45, 7) is 3.36. The van der Waals surface area contributed by atoms with Crippen molar-refractivity contribution in [2.45, 2.75) is 32.2 Å². The minimum Gasteiger partial charge on any atom is -0.360 e. The fourth-order valence-corrected chi connectivity index (χ4v) is 3.20. The maximum Gasteiger partial charge on any atom is 0.319 e. The third-order valence-corrected chi connectivity index (χ3v) is 4.52. The number of para-hydroxylation sites is 1. The van der Waals surface area contributed by atoms with Gasteiger partial charge in [-0.1, -0.05) is 29.8 Å². The Hall–Kier alpha value is -2.87. The lowest BCUT2D eigenvalue weighted by Gasteiger charge is -2.35.